The van der Waals surface area contributed by atoms with Gasteiger partial charge < -0.3 is 5.11 Å². The number of carbonyl (C=O) groups is 2. The molecule has 0 saturated carbocycles. The van der Waals surface area contributed by atoms with Crippen LogP contribution in [0.1, 0.15) is 28.4 Å². The minimum Gasteiger partial charge on any atom is -0.481 e. The monoisotopic (exact) mass is 340 g/mol. The Morgan fingerprint density at radius 2 is 2.12 bits per heavy atom. The number of nitrogens with one attached hydrogen (secondary N) is 1. The van der Waals surface area contributed by atoms with E-state index >= 15 is 0 Å². The van der Waals surface area contributed by atoms with Crippen molar-refractivity contribution in [2.24, 2.45) is 0 Å². The van der Waals surface area contributed by atoms with Gasteiger partial charge in [0.25, 0.3) is 5.91 Å². The van der Waals surface area contributed by atoms with Crippen molar-refractivity contribution in [3.05, 3.63) is 53.6 Å². The second-order valence-corrected chi connectivity index (χ2v) is 6.22. The third-order valence-corrected chi connectivity index (χ3v) is 4.68. The van der Waals surface area contributed by atoms with E-state index in [0.29, 0.717) is 22.3 Å². The molecule has 0 aliphatic carbocycles. The summed E-state index contributed by atoms with van der Waals surface area (Å²) in [5.74, 6) is -1.20. The van der Waals surface area contributed by atoms with E-state index in [1.807, 2.05) is 12.1 Å². The third-order valence-electron chi connectivity index (χ3n) is 3.97. The molecule has 120 valence electrons. The largest absolute Gasteiger partial charge is 0.481 e. The highest BCUT2D eigenvalue weighted by Crippen LogP contribution is 2.35. The predicted octanol–water partition coefficient (Wildman–Crippen LogP) is 2.37. The van der Waals surface area contributed by atoms with Crippen molar-refractivity contribution in [3.63, 3.8) is 0 Å². The number of benzene rings is 2. The summed E-state index contributed by atoms with van der Waals surface area (Å²) >= 11 is 1.28. The number of nitrogens with zero attached hydrogens (tertiary/aromatic N) is 3. The van der Waals surface area contributed by atoms with E-state index < -0.39 is 12.0 Å². The Morgan fingerprint density at radius 3 is 2.96 bits per heavy atom. The Kier molecular flexibility index (Phi) is 3.39. The fourth-order valence-electron chi connectivity index (χ4n) is 2.91. The molecule has 0 bridgehead atoms. The van der Waals surface area contributed by atoms with E-state index in [1.165, 1.54) is 11.5 Å². The molecule has 7 nitrogen and oxygen atoms in total. The molecule has 8 heteroatoms. The average molecular weight is 340 g/mol. The summed E-state index contributed by atoms with van der Waals surface area (Å²) in [6.07, 6.45) is -0.134. The SMILES string of the molecule is O=C(O)CC1c2ccccc2C(=O)NN1c1ccc2snnc2c1. The number of carbonyl (C=O) groups excluding carboxylic acids is 1. The van der Waals surface area contributed by atoms with Crippen molar-refractivity contribution < 1.29 is 14.7 Å². The zero-order chi connectivity index (χ0) is 16.7. The number of rotatable bonds is 3. The molecule has 2 N–H and O–H groups in total. The zero-order valence-corrected chi connectivity index (χ0v) is 13.2. The summed E-state index contributed by atoms with van der Waals surface area (Å²) in [5, 5.41) is 14.9. The van der Waals surface area contributed by atoms with Gasteiger partial charge in [-0.3, -0.25) is 20.0 Å². The van der Waals surface area contributed by atoms with Crippen LogP contribution in [0.3, 0.4) is 0 Å². The lowest BCUT2D eigenvalue weighted by molar-refractivity contribution is -0.137. The minimum absolute atomic E-state index is 0.134. The van der Waals surface area contributed by atoms with Crippen molar-refractivity contribution in [1.29, 1.82) is 0 Å². The number of amides is 1. The fourth-order valence-corrected chi connectivity index (χ4v) is 3.45. The number of aromatic nitrogens is 2. The maximum Gasteiger partial charge on any atom is 0.305 e. The standard InChI is InChI=1S/C16H12N4O3S/c21-15(22)8-13-10-3-1-2-4-11(10)16(23)18-20(13)9-5-6-14-12(7-9)17-19-24-14/h1-7,13H,8H2,(H,18,23)(H,21,22). The van der Waals surface area contributed by atoms with Gasteiger partial charge in [-0.25, -0.2) is 0 Å². The summed E-state index contributed by atoms with van der Waals surface area (Å²) < 4.78 is 4.83. The van der Waals surface area contributed by atoms with Crippen LogP contribution < -0.4 is 10.4 Å². The van der Waals surface area contributed by atoms with Gasteiger partial charge in [0.1, 0.15) is 5.52 Å². The fraction of sp³-hybridized carbons (Fsp3) is 0.125. The lowest BCUT2D eigenvalue weighted by Gasteiger charge is -2.37. The number of carboxylic acids is 1. The highest BCUT2D eigenvalue weighted by Gasteiger charge is 2.33. The highest BCUT2D eigenvalue weighted by atomic mass is 32.1. The molecule has 2 heterocycles. The summed E-state index contributed by atoms with van der Waals surface area (Å²) in [7, 11) is 0. The first-order valence-electron chi connectivity index (χ1n) is 7.26. The topological polar surface area (TPSA) is 95.4 Å². The third kappa shape index (κ3) is 2.37. The Hall–Kier alpha value is -3.00. The first-order chi connectivity index (χ1) is 11.6. The van der Waals surface area contributed by atoms with E-state index in [2.05, 4.69) is 15.0 Å². The molecular formula is C16H12N4O3S. The van der Waals surface area contributed by atoms with Crippen molar-refractivity contribution in [3.8, 4) is 0 Å². The molecule has 0 spiro atoms. The van der Waals surface area contributed by atoms with E-state index in [4.69, 9.17) is 0 Å². The summed E-state index contributed by atoms with van der Waals surface area (Å²) in [5.41, 5.74) is 5.36. The van der Waals surface area contributed by atoms with Gasteiger partial charge in [-0.05, 0) is 41.4 Å². The second-order valence-electron chi connectivity index (χ2n) is 5.44. The van der Waals surface area contributed by atoms with Crippen molar-refractivity contribution >= 4 is 39.3 Å². The Morgan fingerprint density at radius 1 is 1.29 bits per heavy atom. The summed E-state index contributed by atoms with van der Waals surface area (Å²) in [6, 6.07) is 12.0. The number of hydrogen-bond acceptors (Lipinski definition) is 6. The van der Waals surface area contributed by atoms with Crippen LogP contribution in [-0.4, -0.2) is 26.6 Å². The van der Waals surface area contributed by atoms with E-state index in [9.17, 15) is 14.7 Å². The van der Waals surface area contributed by atoms with E-state index in [0.717, 1.165) is 4.70 Å². The quantitative estimate of drug-likeness (QED) is 0.760. The van der Waals surface area contributed by atoms with Gasteiger partial charge in [-0.2, -0.15) is 0 Å². The Bertz CT molecular complexity index is 955. The first kappa shape index (κ1) is 14.6. The number of anilines is 1. The molecule has 4 rings (SSSR count). The summed E-state index contributed by atoms with van der Waals surface area (Å²) in [4.78, 5) is 23.7. The van der Waals surface area contributed by atoms with Crippen LogP contribution in [0, 0.1) is 0 Å². The molecule has 0 radical (unpaired) electrons. The second kappa shape index (κ2) is 5.57. The number of fused-ring (bicyclic) bond motifs is 2. The molecule has 3 aromatic rings. The van der Waals surface area contributed by atoms with Crippen LogP contribution in [0.15, 0.2) is 42.5 Å². The first-order valence-corrected chi connectivity index (χ1v) is 8.04. The Labute approximate surface area is 140 Å². The number of aliphatic carboxylic acids is 1. The van der Waals surface area contributed by atoms with Crippen LogP contribution in [0.2, 0.25) is 0 Å². The molecule has 0 saturated heterocycles. The minimum atomic E-state index is -0.938. The number of hydrazine groups is 1. The zero-order valence-electron chi connectivity index (χ0n) is 12.3. The number of carboxylic acid groups (broad SMARTS) is 1. The molecule has 1 amide bonds. The molecule has 1 aliphatic rings. The van der Waals surface area contributed by atoms with Gasteiger partial charge in [-0.15, -0.1) is 5.10 Å². The smallest absolute Gasteiger partial charge is 0.305 e. The lowest BCUT2D eigenvalue weighted by Crippen LogP contribution is -2.50. The van der Waals surface area contributed by atoms with Crippen molar-refractivity contribution in [2.45, 2.75) is 12.5 Å². The highest BCUT2D eigenvalue weighted by molar-refractivity contribution is 7.12. The summed E-state index contributed by atoms with van der Waals surface area (Å²) in [6.45, 7) is 0. The maximum absolute atomic E-state index is 12.4. The molecule has 0 fully saturated rings. The predicted molar refractivity (Wildman–Crippen MR) is 88.8 cm³/mol. The van der Waals surface area contributed by atoms with Crippen molar-refractivity contribution in [2.75, 3.05) is 5.01 Å². The van der Waals surface area contributed by atoms with Crippen LogP contribution in [0.5, 0.6) is 0 Å². The van der Waals surface area contributed by atoms with Crippen LogP contribution >= 0.6 is 11.5 Å². The molecule has 2 aromatic carbocycles. The van der Waals surface area contributed by atoms with Crippen LogP contribution in [0.4, 0.5) is 5.69 Å². The van der Waals surface area contributed by atoms with E-state index in [-0.39, 0.29) is 12.3 Å². The lowest BCUT2D eigenvalue weighted by atomic mass is 9.94. The van der Waals surface area contributed by atoms with Gasteiger partial charge in [0, 0.05) is 5.56 Å². The van der Waals surface area contributed by atoms with Crippen LogP contribution in [0.25, 0.3) is 10.2 Å². The maximum atomic E-state index is 12.4. The van der Waals surface area contributed by atoms with Gasteiger partial charge in [-0.1, -0.05) is 22.7 Å². The molecule has 1 atom stereocenters. The van der Waals surface area contributed by atoms with Gasteiger partial charge >= 0.3 is 5.97 Å². The van der Waals surface area contributed by atoms with Gasteiger partial charge in [0.2, 0.25) is 0 Å². The van der Waals surface area contributed by atoms with Crippen LogP contribution in [-0.2, 0) is 4.79 Å². The number of hydrogen-bond donors (Lipinski definition) is 2. The Balaban J connectivity index is 1.83. The molecule has 1 unspecified atom stereocenters. The molecular weight excluding hydrogens is 328 g/mol. The normalized spacial score (nSPS) is 16.8. The molecule has 1 aromatic heterocycles. The van der Waals surface area contributed by atoms with Crippen molar-refractivity contribution in [1.82, 2.24) is 15.0 Å². The average Bonchev–Trinajstić information content (AvgIpc) is 3.04. The molecule has 24 heavy (non-hydrogen) atoms. The van der Waals surface area contributed by atoms with E-state index in [1.54, 1.807) is 35.3 Å². The van der Waals surface area contributed by atoms with Gasteiger partial charge in [0.15, 0.2) is 0 Å². The molecule has 1 aliphatic heterocycles. The van der Waals surface area contributed by atoms with Gasteiger partial charge in [0.05, 0.1) is 22.8 Å².